The Bertz CT molecular complexity index is 2950. The minimum absolute atomic E-state index is 0.556. The smallest absolute Gasteiger partial charge is 0.101 e. The molecule has 6 nitrogen and oxygen atoms in total. The zero-order chi connectivity index (χ0) is 31.8. The molecule has 7 heteroatoms. The van der Waals surface area contributed by atoms with Crippen LogP contribution in [0, 0.1) is 45.3 Å². The minimum atomic E-state index is 0.556. The van der Waals surface area contributed by atoms with Crippen molar-refractivity contribution in [1.82, 2.24) is 9.13 Å². The fourth-order valence-corrected chi connectivity index (χ4v) is 8.31. The highest BCUT2D eigenvalue weighted by Crippen LogP contribution is 2.44. The Balaban J connectivity index is 1.38. The maximum Gasteiger partial charge on any atom is 0.101 e. The van der Waals surface area contributed by atoms with Crippen LogP contribution in [0.2, 0.25) is 0 Å². The van der Waals surface area contributed by atoms with Crippen molar-refractivity contribution in [2.75, 3.05) is 0 Å². The largest absolute Gasteiger partial charge is 0.309 e. The average molecular weight is 615 g/mol. The molecular formula is C40H18N6S. The van der Waals surface area contributed by atoms with E-state index >= 15 is 0 Å². The van der Waals surface area contributed by atoms with Crippen LogP contribution in [0.5, 0.6) is 0 Å². The van der Waals surface area contributed by atoms with Gasteiger partial charge in [0.2, 0.25) is 0 Å². The minimum Gasteiger partial charge on any atom is -0.309 e. The Labute approximate surface area is 271 Å². The van der Waals surface area contributed by atoms with E-state index in [1.807, 2.05) is 72.8 Å². The summed E-state index contributed by atoms with van der Waals surface area (Å²) < 4.78 is 6.14. The van der Waals surface area contributed by atoms with E-state index in [1.54, 1.807) is 0 Å². The molecule has 214 valence electrons. The predicted molar refractivity (Wildman–Crippen MR) is 187 cm³/mol. The van der Waals surface area contributed by atoms with Crippen LogP contribution >= 0.6 is 11.3 Å². The number of hydrogen-bond acceptors (Lipinski definition) is 5. The van der Waals surface area contributed by atoms with Crippen molar-refractivity contribution >= 4 is 75.1 Å². The average Bonchev–Trinajstić information content (AvgIpc) is 3.77. The zero-order valence-electron chi connectivity index (χ0n) is 24.5. The number of fused-ring (bicyclic) bond motifs is 9. The van der Waals surface area contributed by atoms with Crippen LogP contribution in [0.4, 0.5) is 0 Å². The van der Waals surface area contributed by atoms with Crippen LogP contribution in [-0.4, -0.2) is 9.13 Å². The Kier molecular flexibility index (Phi) is 5.53. The Morgan fingerprint density at radius 3 is 1.72 bits per heavy atom. The standard InChI is InChI=1S/C40H18N6S/c41-19-23-11-13-35-30(15-23)31-16-24(20-42)12-14-36(31)45(35)26-6-4-7-27(17-26)46-34-10-2-1-8-29(34)38-33(22-44)40-32(18-37(38)46)28-9-3-5-25(21-43)39(28)47-40/h1-18H. The van der Waals surface area contributed by atoms with Gasteiger partial charge in [0, 0.05) is 43.7 Å². The quantitative estimate of drug-likeness (QED) is 0.193. The summed E-state index contributed by atoms with van der Waals surface area (Å²) >= 11 is 1.50. The van der Waals surface area contributed by atoms with Crippen LogP contribution in [0.15, 0.2) is 109 Å². The van der Waals surface area contributed by atoms with Crippen molar-refractivity contribution in [3.63, 3.8) is 0 Å². The van der Waals surface area contributed by atoms with Crippen LogP contribution in [0.3, 0.4) is 0 Å². The van der Waals surface area contributed by atoms with Crippen molar-refractivity contribution in [2.45, 2.75) is 0 Å². The number of thiophene rings is 1. The van der Waals surface area contributed by atoms with Crippen LogP contribution in [-0.2, 0) is 0 Å². The van der Waals surface area contributed by atoms with E-state index in [1.165, 1.54) is 11.3 Å². The first kappa shape index (κ1) is 26.5. The first-order valence-electron chi connectivity index (χ1n) is 14.8. The van der Waals surface area contributed by atoms with Gasteiger partial charge in [-0.25, -0.2) is 0 Å². The first-order valence-corrected chi connectivity index (χ1v) is 15.7. The van der Waals surface area contributed by atoms with Gasteiger partial charge in [0.15, 0.2) is 0 Å². The number of benzene rings is 6. The molecule has 6 aromatic carbocycles. The molecule has 3 aromatic heterocycles. The van der Waals surface area contributed by atoms with Gasteiger partial charge in [0.25, 0.3) is 0 Å². The first-order chi connectivity index (χ1) is 23.1. The van der Waals surface area contributed by atoms with Gasteiger partial charge in [-0.15, -0.1) is 11.3 Å². The molecular weight excluding hydrogens is 597 g/mol. The van der Waals surface area contributed by atoms with E-state index in [2.05, 4.69) is 69.8 Å². The van der Waals surface area contributed by atoms with Crippen molar-refractivity contribution in [1.29, 1.82) is 21.0 Å². The highest BCUT2D eigenvalue weighted by molar-refractivity contribution is 7.26. The van der Waals surface area contributed by atoms with Crippen LogP contribution in [0.25, 0.3) is 75.2 Å². The number of nitriles is 4. The number of aromatic nitrogens is 2. The van der Waals surface area contributed by atoms with Crippen LogP contribution in [0.1, 0.15) is 22.3 Å². The Hall–Kier alpha value is -6.90. The lowest BCUT2D eigenvalue weighted by Gasteiger charge is -2.13. The molecule has 0 amide bonds. The van der Waals surface area contributed by atoms with Crippen molar-refractivity contribution in [3.05, 3.63) is 131 Å². The molecule has 0 saturated heterocycles. The monoisotopic (exact) mass is 614 g/mol. The molecule has 0 unspecified atom stereocenters. The van der Waals surface area contributed by atoms with Crippen molar-refractivity contribution < 1.29 is 0 Å². The molecule has 0 aliphatic rings. The summed E-state index contributed by atoms with van der Waals surface area (Å²) in [5, 5.41) is 45.3. The molecule has 3 heterocycles. The molecule has 9 rings (SSSR count). The second-order valence-corrected chi connectivity index (χ2v) is 12.4. The fraction of sp³-hybridized carbons (Fsp3) is 0. The van der Waals surface area contributed by atoms with Crippen molar-refractivity contribution in [3.8, 4) is 35.7 Å². The molecule has 0 aliphatic carbocycles. The highest BCUT2D eigenvalue weighted by Gasteiger charge is 2.22. The van der Waals surface area contributed by atoms with E-state index < -0.39 is 0 Å². The van der Waals surface area contributed by atoms with Gasteiger partial charge >= 0.3 is 0 Å². The van der Waals surface area contributed by atoms with Gasteiger partial charge in [-0.05, 0) is 72.8 Å². The number of rotatable bonds is 2. The highest BCUT2D eigenvalue weighted by atomic mass is 32.1. The van der Waals surface area contributed by atoms with Gasteiger partial charge < -0.3 is 9.13 Å². The topological polar surface area (TPSA) is 105 Å². The van der Waals surface area contributed by atoms with Gasteiger partial charge in [0.1, 0.15) is 12.1 Å². The molecule has 0 radical (unpaired) electrons. The summed E-state index contributed by atoms with van der Waals surface area (Å²) in [5.74, 6) is 0. The number of hydrogen-bond donors (Lipinski definition) is 0. The van der Waals surface area contributed by atoms with Crippen molar-refractivity contribution in [2.24, 2.45) is 0 Å². The summed E-state index contributed by atoms with van der Waals surface area (Å²) in [5.41, 5.74) is 7.92. The van der Waals surface area contributed by atoms with Gasteiger partial charge in [-0.1, -0.05) is 36.4 Å². The third-order valence-corrected chi connectivity index (χ3v) is 10.3. The molecule has 47 heavy (non-hydrogen) atoms. The summed E-state index contributed by atoms with van der Waals surface area (Å²) in [7, 11) is 0. The lowest BCUT2D eigenvalue weighted by Crippen LogP contribution is -1.98. The summed E-state index contributed by atoms with van der Waals surface area (Å²) in [6, 6.07) is 45.0. The van der Waals surface area contributed by atoms with E-state index in [0.29, 0.717) is 22.3 Å². The summed E-state index contributed by atoms with van der Waals surface area (Å²) in [6.45, 7) is 0. The van der Waals surface area contributed by atoms with Gasteiger partial charge in [-0.3, -0.25) is 0 Å². The SMILES string of the molecule is N#Cc1ccc2c(c1)c1cc(C#N)ccc1n2-c1cccc(-n2c3ccccc3c3c(C#N)c4sc5c(C#N)cccc5c4cc32)c1. The third-order valence-electron chi connectivity index (χ3n) is 9.03. The van der Waals surface area contributed by atoms with Crippen LogP contribution < -0.4 is 0 Å². The maximum atomic E-state index is 10.6. The fourth-order valence-electron chi connectivity index (χ4n) is 7.06. The molecule has 0 saturated carbocycles. The summed E-state index contributed by atoms with van der Waals surface area (Å²) in [6.07, 6.45) is 0. The zero-order valence-corrected chi connectivity index (χ0v) is 25.3. The Morgan fingerprint density at radius 1 is 0.447 bits per heavy atom. The number of nitrogens with zero attached hydrogens (tertiary/aromatic N) is 6. The lowest BCUT2D eigenvalue weighted by atomic mass is 10.0. The summed E-state index contributed by atoms with van der Waals surface area (Å²) in [4.78, 5) is 0. The number of para-hydroxylation sites is 1. The molecule has 0 spiro atoms. The third kappa shape index (κ3) is 3.61. The van der Waals surface area contributed by atoms with E-state index in [4.69, 9.17) is 0 Å². The second-order valence-electron chi connectivity index (χ2n) is 11.4. The van der Waals surface area contributed by atoms with Gasteiger partial charge in [0.05, 0.1) is 65.9 Å². The molecule has 0 atom stereocenters. The second kappa shape index (κ2) is 9.80. The normalized spacial score (nSPS) is 11.3. The van der Waals surface area contributed by atoms with Gasteiger partial charge in [-0.2, -0.15) is 21.0 Å². The molecule has 0 fully saturated rings. The molecule has 0 bridgehead atoms. The molecule has 9 aromatic rings. The van der Waals surface area contributed by atoms with E-state index in [-0.39, 0.29) is 0 Å². The Morgan fingerprint density at radius 2 is 1.06 bits per heavy atom. The molecule has 0 N–H and O–H groups in total. The maximum absolute atomic E-state index is 10.6. The van der Waals surface area contributed by atoms with E-state index in [0.717, 1.165) is 75.2 Å². The predicted octanol–water partition coefficient (Wildman–Crippen LogP) is 9.74. The molecule has 0 aliphatic heterocycles. The van der Waals surface area contributed by atoms with E-state index in [9.17, 15) is 21.0 Å². The lowest BCUT2D eigenvalue weighted by molar-refractivity contribution is 1.13.